The van der Waals surface area contributed by atoms with Crippen molar-refractivity contribution in [1.29, 1.82) is 0 Å². The van der Waals surface area contributed by atoms with E-state index in [1.54, 1.807) is 21.3 Å². The molecule has 0 aliphatic rings. The van der Waals surface area contributed by atoms with Crippen LogP contribution in [0.3, 0.4) is 0 Å². The maximum Gasteiger partial charge on any atom is 0.190 e. The summed E-state index contributed by atoms with van der Waals surface area (Å²) in [6.45, 7) is 11.8. The highest BCUT2D eigenvalue weighted by Gasteiger charge is 2.12. The lowest BCUT2D eigenvalue weighted by Crippen LogP contribution is -2.41. The number of rotatable bonds is 11. The minimum absolute atomic E-state index is 0. The largest absolute Gasteiger partial charge is 0.493 e. The lowest BCUT2D eigenvalue weighted by molar-refractivity contribution is 0.173. The molecule has 0 amide bonds. The first kappa shape index (κ1) is 26.8. The summed E-state index contributed by atoms with van der Waals surface area (Å²) in [5, 5.41) is 6.77. The minimum atomic E-state index is 0. The van der Waals surface area contributed by atoms with Gasteiger partial charge in [0.2, 0.25) is 0 Å². The number of hydrogen-bond acceptors (Lipinski definition) is 4. The van der Waals surface area contributed by atoms with E-state index in [-0.39, 0.29) is 24.0 Å². The van der Waals surface area contributed by atoms with Gasteiger partial charge in [0.25, 0.3) is 0 Å². The van der Waals surface area contributed by atoms with E-state index in [1.165, 1.54) is 5.56 Å². The van der Waals surface area contributed by atoms with Crippen molar-refractivity contribution < 1.29 is 9.47 Å². The fraction of sp³-hybridized carbons (Fsp3) is 0.667. The highest BCUT2D eigenvalue weighted by Crippen LogP contribution is 2.27. The van der Waals surface area contributed by atoms with Crippen molar-refractivity contribution in [2.24, 2.45) is 4.99 Å². The number of benzene rings is 1. The van der Waals surface area contributed by atoms with E-state index in [1.807, 2.05) is 12.1 Å². The molecule has 1 aromatic rings. The van der Waals surface area contributed by atoms with E-state index >= 15 is 0 Å². The Morgan fingerprint density at radius 3 is 2.14 bits per heavy atom. The Morgan fingerprint density at radius 2 is 1.61 bits per heavy atom. The molecule has 0 aliphatic carbocycles. The SMILES string of the molecule is CN=C(NCCCN(C(C)C)C(C)C)NCCc1ccc(OC)c(OC)c1.I. The monoisotopic (exact) mass is 506 g/mol. The summed E-state index contributed by atoms with van der Waals surface area (Å²) >= 11 is 0. The standard InChI is InChI=1S/C21H38N4O2.HI/c1-16(2)25(17(3)4)14-8-12-23-21(22-5)24-13-11-18-9-10-19(26-6)20(15-18)27-7;/h9-10,15-17H,8,11-14H2,1-7H3,(H2,22,23,24);1H. The highest BCUT2D eigenvalue weighted by molar-refractivity contribution is 14.0. The molecule has 0 radical (unpaired) electrons. The molecule has 0 spiro atoms. The quantitative estimate of drug-likeness (QED) is 0.208. The molecule has 162 valence electrons. The number of guanidine groups is 1. The van der Waals surface area contributed by atoms with Crippen LogP contribution in [0.4, 0.5) is 0 Å². The Labute approximate surface area is 188 Å². The van der Waals surface area contributed by atoms with Crippen LogP contribution in [0.5, 0.6) is 11.5 Å². The topological polar surface area (TPSA) is 58.1 Å². The highest BCUT2D eigenvalue weighted by atomic mass is 127. The van der Waals surface area contributed by atoms with E-state index in [0.717, 1.165) is 49.9 Å². The van der Waals surface area contributed by atoms with Gasteiger partial charge in [0.1, 0.15) is 0 Å². The van der Waals surface area contributed by atoms with Crippen LogP contribution in [0, 0.1) is 0 Å². The molecule has 0 atom stereocenters. The zero-order chi connectivity index (χ0) is 20.2. The summed E-state index contributed by atoms with van der Waals surface area (Å²) < 4.78 is 10.6. The van der Waals surface area contributed by atoms with E-state index in [4.69, 9.17) is 9.47 Å². The molecule has 6 nitrogen and oxygen atoms in total. The van der Waals surface area contributed by atoms with Gasteiger partial charge in [-0.15, -0.1) is 24.0 Å². The van der Waals surface area contributed by atoms with Gasteiger partial charge < -0.3 is 20.1 Å². The van der Waals surface area contributed by atoms with Crippen LogP contribution in [-0.4, -0.2) is 63.8 Å². The van der Waals surface area contributed by atoms with Crippen molar-refractivity contribution in [2.75, 3.05) is 40.9 Å². The van der Waals surface area contributed by atoms with E-state index in [9.17, 15) is 0 Å². The van der Waals surface area contributed by atoms with Gasteiger partial charge in [0.05, 0.1) is 14.2 Å². The summed E-state index contributed by atoms with van der Waals surface area (Å²) in [4.78, 5) is 6.81. The van der Waals surface area contributed by atoms with Crippen LogP contribution in [0.1, 0.15) is 39.7 Å². The average Bonchev–Trinajstić information content (AvgIpc) is 2.65. The first-order valence-electron chi connectivity index (χ1n) is 9.84. The van der Waals surface area contributed by atoms with Gasteiger partial charge in [-0.2, -0.15) is 0 Å². The van der Waals surface area contributed by atoms with Crippen molar-refractivity contribution in [3.05, 3.63) is 23.8 Å². The molecule has 1 aromatic carbocycles. The third kappa shape index (κ3) is 9.32. The summed E-state index contributed by atoms with van der Waals surface area (Å²) in [5.74, 6) is 2.36. The fourth-order valence-corrected chi connectivity index (χ4v) is 3.16. The van der Waals surface area contributed by atoms with Crippen molar-refractivity contribution >= 4 is 29.9 Å². The molecule has 7 heteroatoms. The predicted octanol–water partition coefficient (Wildman–Crippen LogP) is 3.54. The van der Waals surface area contributed by atoms with Gasteiger partial charge in [0, 0.05) is 38.8 Å². The summed E-state index contributed by atoms with van der Waals surface area (Å²) in [6.07, 6.45) is 1.97. The second-order valence-electron chi connectivity index (χ2n) is 7.14. The van der Waals surface area contributed by atoms with Crippen LogP contribution in [0.15, 0.2) is 23.2 Å². The first-order valence-corrected chi connectivity index (χ1v) is 9.84. The Hall–Kier alpha value is -1.22. The molecule has 0 saturated carbocycles. The third-order valence-electron chi connectivity index (χ3n) is 4.59. The summed E-state index contributed by atoms with van der Waals surface area (Å²) in [5.41, 5.74) is 1.19. The van der Waals surface area contributed by atoms with Crippen LogP contribution in [0.2, 0.25) is 0 Å². The number of methoxy groups -OCH3 is 2. The van der Waals surface area contributed by atoms with Crippen LogP contribution < -0.4 is 20.1 Å². The fourth-order valence-electron chi connectivity index (χ4n) is 3.16. The second kappa shape index (κ2) is 14.7. The molecule has 0 aromatic heterocycles. The molecule has 1 rings (SSSR count). The van der Waals surface area contributed by atoms with Crippen LogP contribution >= 0.6 is 24.0 Å². The van der Waals surface area contributed by atoms with Crippen molar-refractivity contribution in [2.45, 2.75) is 52.6 Å². The van der Waals surface area contributed by atoms with Gasteiger partial charge in [-0.25, -0.2) is 0 Å². The Balaban J connectivity index is 0.00000729. The molecule has 0 aliphatic heterocycles. The Morgan fingerprint density at radius 1 is 1.00 bits per heavy atom. The normalized spacial score (nSPS) is 11.6. The van der Waals surface area contributed by atoms with Gasteiger partial charge >= 0.3 is 0 Å². The second-order valence-corrected chi connectivity index (χ2v) is 7.14. The molecule has 0 heterocycles. The van der Waals surface area contributed by atoms with Crippen LogP contribution in [-0.2, 0) is 6.42 Å². The maximum atomic E-state index is 5.36. The van der Waals surface area contributed by atoms with Crippen LogP contribution in [0.25, 0.3) is 0 Å². The molecular formula is C21H39IN4O2. The smallest absolute Gasteiger partial charge is 0.190 e. The zero-order valence-electron chi connectivity index (χ0n) is 18.5. The summed E-state index contributed by atoms with van der Waals surface area (Å²) in [7, 11) is 5.11. The Kier molecular flexibility index (Phi) is 14.1. The number of hydrogen-bond donors (Lipinski definition) is 2. The molecule has 28 heavy (non-hydrogen) atoms. The van der Waals surface area contributed by atoms with E-state index < -0.39 is 0 Å². The number of halogens is 1. The number of nitrogens with zero attached hydrogens (tertiary/aromatic N) is 2. The van der Waals surface area contributed by atoms with Gasteiger partial charge in [-0.3, -0.25) is 9.89 Å². The lowest BCUT2D eigenvalue weighted by Gasteiger charge is -2.30. The Bertz CT molecular complexity index is 572. The van der Waals surface area contributed by atoms with Crippen molar-refractivity contribution in [3.8, 4) is 11.5 Å². The molecule has 0 unspecified atom stereocenters. The van der Waals surface area contributed by atoms with E-state index in [0.29, 0.717) is 12.1 Å². The number of ether oxygens (including phenoxy) is 2. The minimum Gasteiger partial charge on any atom is -0.493 e. The summed E-state index contributed by atoms with van der Waals surface area (Å²) in [6, 6.07) is 7.17. The number of nitrogens with one attached hydrogen (secondary N) is 2. The molecule has 0 fully saturated rings. The zero-order valence-corrected chi connectivity index (χ0v) is 20.9. The van der Waals surface area contributed by atoms with E-state index in [2.05, 4.69) is 54.3 Å². The van der Waals surface area contributed by atoms with Crippen molar-refractivity contribution in [1.82, 2.24) is 15.5 Å². The molecular weight excluding hydrogens is 467 g/mol. The third-order valence-corrected chi connectivity index (χ3v) is 4.59. The van der Waals surface area contributed by atoms with Gasteiger partial charge in [0.15, 0.2) is 17.5 Å². The molecule has 0 saturated heterocycles. The van der Waals surface area contributed by atoms with Crippen molar-refractivity contribution in [3.63, 3.8) is 0 Å². The molecule has 2 N–H and O–H groups in total. The van der Waals surface area contributed by atoms with Gasteiger partial charge in [-0.1, -0.05) is 6.07 Å². The number of aliphatic imine (C=N–C) groups is 1. The average molecular weight is 506 g/mol. The lowest BCUT2D eigenvalue weighted by atomic mass is 10.1. The molecule has 0 bridgehead atoms. The van der Waals surface area contributed by atoms with Gasteiger partial charge in [-0.05, 0) is 58.2 Å². The first-order chi connectivity index (χ1) is 12.9. The predicted molar refractivity (Wildman–Crippen MR) is 130 cm³/mol. The maximum absolute atomic E-state index is 5.36.